The van der Waals surface area contributed by atoms with Crippen molar-refractivity contribution in [1.29, 1.82) is 0 Å². The molecule has 0 amide bonds. The van der Waals surface area contributed by atoms with Crippen molar-refractivity contribution in [3.8, 4) is 11.5 Å². The Kier molecular flexibility index (Phi) is 9.71. The van der Waals surface area contributed by atoms with Gasteiger partial charge >= 0.3 is 0 Å². The number of aromatic hydroxyl groups is 1. The lowest BCUT2D eigenvalue weighted by Crippen LogP contribution is -2.36. The van der Waals surface area contributed by atoms with Crippen LogP contribution in [-0.4, -0.2) is 29.2 Å². The molecule has 1 aromatic carbocycles. The van der Waals surface area contributed by atoms with Crippen LogP contribution in [0.3, 0.4) is 0 Å². The second-order valence-corrected chi connectivity index (χ2v) is 6.81. The van der Waals surface area contributed by atoms with Gasteiger partial charge in [-0.1, -0.05) is 6.07 Å². The molecule has 2 aromatic rings. The van der Waals surface area contributed by atoms with Gasteiger partial charge in [-0.25, -0.2) is 9.98 Å². The SMILES string of the molecule is CCNC(=NCc1ccc(O)c(OCC)c1)NCc1sc(C)nc1C.I. The number of rotatable bonds is 7. The van der Waals surface area contributed by atoms with E-state index in [9.17, 15) is 5.11 Å². The molecule has 0 spiro atoms. The van der Waals surface area contributed by atoms with Crippen molar-refractivity contribution in [3.63, 3.8) is 0 Å². The Morgan fingerprint density at radius 3 is 2.65 bits per heavy atom. The molecule has 0 unspecified atom stereocenters. The van der Waals surface area contributed by atoms with E-state index in [1.54, 1.807) is 17.4 Å². The lowest BCUT2D eigenvalue weighted by molar-refractivity contribution is 0.318. The number of aryl methyl sites for hydroxylation is 2. The Hall–Kier alpha value is -1.55. The second-order valence-electron chi connectivity index (χ2n) is 5.53. The van der Waals surface area contributed by atoms with Crippen LogP contribution in [0.1, 0.15) is 35.0 Å². The number of nitrogens with zero attached hydrogens (tertiary/aromatic N) is 2. The van der Waals surface area contributed by atoms with Gasteiger partial charge in [0.1, 0.15) is 0 Å². The summed E-state index contributed by atoms with van der Waals surface area (Å²) in [6.07, 6.45) is 0. The first-order valence-corrected chi connectivity index (χ1v) is 9.24. The topological polar surface area (TPSA) is 78.8 Å². The average Bonchev–Trinajstić information content (AvgIpc) is 2.90. The summed E-state index contributed by atoms with van der Waals surface area (Å²) in [4.78, 5) is 10.3. The monoisotopic (exact) mass is 490 g/mol. The van der Waals surface area contributed by atoms with Crippen LogP contribution in [0.15, 0.2) is 23.2 Å². The fourth-order valence-corrected chi connectivity index (χ4v) is 3.22. The largest absolute Gasteiger partial charge is 0.504 e. The van der Waals surface area contributed by atoms with Gasteiger partial charge in [-0.05, 0) is 45.4 Å². The summed E-state index contributed by atoms with van der Waals surface area (Å²) >= 11 is 1.70. The van der Waals surface area contributed by atoms with Crippen LogP contribution in [0.2, 0.25) is 0 Å². The first-order chi connectivity index (χ1) is 12.0. The van der Waals surface area contributed by atoms with E-state index in [2.05, 4.69) is 20.6 Å². The number of phenolic OH excluding ortho intramolecular Hbond substituents is 1. The molecule has 0 aliphatic heterocycles. The molecule has 2 rings (SSSR count). The van der Waals surface area contributed by atoms with Gasteiger partial charge in [0.15, 0.2) is 17.5 Å². The van der Waals surface area contributed by atoms with Crippen molar-refractivity contribution in [3.05, 3.63) is 39.3 Å². The number of benzene rings is 1. The summed E-state index contributed by atoms with van der Waals surface area (Å²) in [6.45, 7) is 10.5. The van der Waals surface area contributed by atoms with Crippen molar-refractivity contribution >= 4 is 41.3 Å². The summed E-state index contributed by atoms with van der Waals surface area (Å²) in [5.41, 5.74) is 2.04. The second kappa shape index (κ2) is 11.2. The third-order valence-electron chi connectivity index (χ3n) is 3.50. The molecule has 26 heavy (non-hydrogen) atoms. The average molecular weight is 490 g/mol. The molecule has 0 fully saturated rings. The number of ether oxygens (including phenoxy) is 1. The summed E-state index contributed by atoms with van der Waals surface area (Å²) in [7, 11) is 0. The maximum Gasteiger partial charge on any atom is 0.191 e. The van der Waals surface area contributed by atoms with Crippen LogP contribution < -0.4 is 15.4 Å². The van der Waals surface area contributed by atoms with Crippen LogP contribution in [0, 0.1) is 13.8 Å². The van der Waals surface area contributed by atoms with E-state index >= 15 is 0 Å². The van der Waals surface area contributed by atoms with Gasteiger partial charge in [-0.3, -0.25) is 0 Å². The molecule has 0 radical (unpaired) electrons. The Morgan fingerprint density at radius 1 is 1.27 bits per heavy atom. The van der Waals surface area contributed by atoms with E-state index in [1.807, 2.05) is 39.8 Å². The van der Waals surface area contributed by atoms with E-state index in [0.29, 0.717) is 25.4 Å². The molecule has 0 bridgehead atoms. The maximum atomic E-state index is 9.78. The zero-order valence-corrected chi connectivity index (χ0v) is 18.8. The highest BCUT2D eigenvalue weighted by molar-refractivity contribution is 14.0. The molecule has 6 nitrogen and oxygen atoms in total. The van der Waals surface area contributed by atoms with Crippen LogP contribution in [0.5, 0.6) is 11.5 Å². The van der Waals surface area contributed by atoms with Crippen molar-refractivity contribution in [2.75, 3.05) is 13.2 Å². The van der Waals surface area contributed by atoms with Gasteiger partial charge < -0.3 is 20.5 Å². The highest BCUT2D eigenvalue weighted by Crippen LogP contribution is 2.27. The Balaban J connectivity index is 0.00000338. The number of guanidine groups is 1. The molecule has 0 aliphatic carbocycles. The number of nitrogens with one attached hydrogen (secondary N) is 2. The molecule has 0 saturated carbocycles. The van der Waals surface area contributed by atoms with E-state index in [0.717, 1.165) is 28.8 Å². The molecule has 144 valence electrons. The number of hydrogen-bond donors (Lipinski definition) is 3. The lowest BCUT2D eigenvalue weighted by atomic mass is 10.2. The van der Waals surface area contributed by atoms with E-state index < -0.39 is 0 Å². The number of aliphatic imine (C=N–C) groups is 1. The number of phenols is 1. The minimum atomic E-state index is 0. The molecule has 1 heterocycles. The summed E-state index contributed by atoms with van der Waals surface area (Å²) in [6, 6.07) is 5.31. The van der Waals surface area contributed by atoms with Gasteiger partial charge in [0.25, 0.3) is 0 Å². The fourth-order valence-electron chi connectivity index (χ4n) is 2.34. The minimum Gasteiger partial charge on any atom is -0.504 e. The Bertz CT molecular complexity index is 734. The smallest absolute Gasteiger partial charge is 0.191 e. The third kappa shape index (κ3) is 6.64. The fraction of sp³-hybridized carbons (Fsp3) is 0.444. The highest BCUT2D eigenvalue weighted by atomic mass is 127. The number of aromatic nitrogens is 1. The van der Waals surface area contributed by atoms with Gasteiger partial charge in [-0.2, -0.15) is 0 Å². The summed E-state index contributed by atoms with van der Waals surface area (Å²) < 4.78 is 5.42. The molecule has 8 heteroatoms. The van der Waals surface area contributed by atoms with E-state index in [1.165, 1.54) is 4.88 Å². The highest BCUT2D eigenvalue weighted by Gasteiger charge is 2.07. The standard InChI is InChI=1S/C18H26N4O2S.HI/c1-5-19-18(21-11-17-12(3)22-13(4)25-17)20-10-14-7-8-15(23)16(9-14)24-6-2;/h7-9,23H,5-6,10-11H2,1-4H3,(H2,19,20,21);1H. The van der Waals surface area contributed by atoms with Crippen molar-refractivity contribution < 1.29 is 9.84 Å². The normalized spacial score (nSPS) is 11.0. The Morgan fingerprint density at radius 2 is 2.04 bits per heavy atom. The van der Waals surface area contributed by atoms with Crippen LogP contribution in [-0.2, 0) is 13.1 Å². The number of halogens is 1. The van der Waals surface area contributed by atoms with Crippen LogP contribution in [0.25, 0.3) is 0 Å². The predicted octanol–water partition coefficient (Wildman–Crippen LogP) is 3.74. The molecule has 0 saturated heterocycles. The predicted molar refractivity (Wildman–Crippen MR) is 118 cm³/mol. The van der Waals surface area contributed by atoms with E-state index in [-0.39, 0.29) is 29.7 Å². The lowest BCUT2D eigenvalue weighted by Gasteiger charge is -2.11. The molecule has 0 atom stereocenters. The minimum absolute atomic E-state index is 0. The maximum absolute atomic E-state index is 9.78. The molecular formula is C18H27IN4O2S. The molecular weight excluding hydrogens is 463 g/mol. The van der Waals surface area contributed by atoms with Crippen LogP contribution >= 0.6 is 35.3 Å². The van der Waals surface area contributed by atoms with Gasteiger partial charge in [0, 0.05) is 11.4 Å². The Labute approximate surface area is 176 Å². The molecule has 3 N–H and O–H groups in total. The van der Waals surface area contributed by atoms with Crippen molar-refractivity contribution in [2.24, 2.45) is 4.99 Å². The van der Waals surface area contributed by atoms with Crippen LogP contribution in [0.4, 0.5) is 0 Å². The van der Waals surface area contributed by atoms with E-state index in [4.69, 9.17) is 4.74 Å². The quantitative estimate of drug-likeness (QED) is 0.313. The van der Waals surface area contributed by atoms with Gasteiger partial charge in [0.2, 0.25) is 0 Å². The summed E-state index contributed by atoms with van der Waals surface area (Å²) in [5, 5.41) is 17.4. The molecule has 0 aliphatic rings. The number of hydrogen-bond acceptors (Lipinski definition) is 5. The van der Waals surface area contributed by atoms with Gasteiger partial charge in [-0.15, -0.1) is 35.3 Å². The zero-order chi connectivity index (χ0) is 18.2. The van der Waals surface area contributed by atoms with Gasteiger partial charge in [0.05, 0.1) is 30.4 Å². The first kappa shape index (κ1) is 22.5. The zero-order valence-electron chi connectivity index (χ0n) is 15.6. The summed E-state index contributed by atoms with van der Waals surface area (Å²) in [5.74, 6) is 1.39. The molecule has 1 aromatic heterocycles. The van der Waals surface area contributed by atoms with Crippen molar-refractivity contribution in [2.45, 2.75) is 40.8 Å². The third-order valence-corrected chi connectivity index (χ3v) is 4.58. The van der Waals surface area contributed by atoms with Crippen molar-refractivity contribution in [1.82, 2.24) is 15.6 Å². The first-order valence-electron chi connectivity index (χ1n) is 8.43. The number of thiazole rings is 1.